The lowest BCUT2D eigenvalue weighted by Gasteiger charge is -2.25. The van der Waals surface area contributed by atoms with Gasteiger partial charge in [-0.15, -0.1) is 11.3 Å². The summed E-state index contributed by atoms with van der Waals surface area (Å²) in [5.41, 5.74) is 0.955. The molecule has 0 unspecified atom stereocenters. The summed E-state index contributed by atoms with van der Waals surface area (Å²) in [6, 6.07) is 13.7. The van der Waals surface area contributed by atoms with E-state index in [1.807, 2.05) is 36.4 Å². The first-order valence-corrected chi connectivity index (χ1v) is 9.08. The van der Waals surface area contributed by atoms with E-state index in [2.05, 4.69) is 21.3 Å². The summed E-state index contributed by atoms with van der Waals surface area (Å²) in [5.74, 6) is 0.869. The maximum absolute atomic E-state index is 6.17. The number of halogens is 1. The van der Waals surface area contributed by atoms with E-state index >= 15 is 0 Å². The molecule has 4 rings (SSSR count). The highest BCUT2D eigenvalue weighted by Crippen LogP contribution is 2.42. The summed E-state index contributed by atoms with van der Waals surface area (Å²) in [7, 11) is 0. The maximum atomic E-state index is 6.17. The third kappa shape index (κ3) is 2.92. The number of pyridine rings is 1. The van der Waals surface area contributed by atoms with Crippen LogP contribution in [0.4, 0.5) is 0 Å². The highest BCUT2D eigenvalue weighted by Gasteiger charge is 2.40. The molecule has 1 N–H and O–H groups in total. The molecule has 0 aromatic carbocycles. The fraction of sp³-hybridized carbons (Fsp3) is 0.176. The van der Waals surface area contributed by atoms with Crippen molar-refractivity contribution in [1.82, 2.24) is 15.2 Å². The Morgan fingerprint density at radius 2 is 2.17 bits per heavy atom. The summed E-state index contributed by atoms with van der Waals surface area (Å²) < 4.78 is 6.27. The molecule has 4 nitrogen and oxygen atoms in total. The number of aromatic nitrogens is 1. The van der Waals surface area contributed by atoms with Crippen LogP contribution in [0.25, 0.3) is 0 Å². The third-order valence-corrected chi connectivity index (χ3v) is 5.64. The van der Waals surface area contributed by atoms with Crippen molar-refractivity contribution in [2.24, 2.45) is 0 Å². The number of hydrogen-bond acceptors (Lipinski definition) is 4. The first-order valence-electron chi connectivity index (χ1n) is 7.48. The second-order valence-corrected chi connectivity index (χ2v) is 7.61. The summed E-state index contributed by atoms with van der Waals surface area (Å²) in [6.45, 7) is 0.600. The molecule has 122 valence electrons. The molecule has 0 amide bonds. The van der Waals surface area contributed by atoms with Gasteiger partial charge in [0.1, 0.15) is 5.76 Å². The number of furan rings is 1. The van der Waals surface area contributed by atoms with E-state index in [0.717, 1.165) is 20.7 Å². The minimum atomic E-state index is -0.0246. The Kier molecular flexibility index (Phi) is 4.26. The molecule has 0 radical (unpaired) electrons. The lowest BCUT2D eigenvalue weighted by Crippen LogP contribution is -2.28. The zero-order valence-electron chi connectivity index (χ0n) is 12.6. The summed E-state index contributed by atoms with van der Waals surface area (Å²) in [6.07, 6.45) is 3.48. The Labute approximate surface area is 154 Å². The van der Waals surface area contributed by atoms with Gasteiger partial charge in [0.15, 0.2) is 5.11 Å². The Bertz CT molecular complexity index is 835. The average Bonchev–Trinajstić information content (AvgIpc) is 3.31. The van der Waals surface area contributed by atoms with Crippen LogP contribution in [0.15, 0.2) is 59.3 Å². The highest BCUT2D eigenvalue weighted by molar-refractivity contribution is 7.80. The SMILES string of the molecule is S=C1N[C@@H](c2ccccn2)[C@@H](c2ccc(Cl)s2)N1Cc1ccco1. The second kappa shape index (κ2) is 6.55. The van der Waals surface area contributed by atoms with Crippen LogP contribution in [0.3, 0.4) is 0 Å². The van der Waals surface area contributed by atoms with Gasteiger partial charge in [-0.05, 0) is 48.6 Å². The summed E-state index contributed by atoms with van der Waals surface area (Å²) in [5, 5.41) is 4.10. The average molecular weight is 376 g/mol. The number of thiocarbonyl (C=S) groups is 1. The van der Waals surface area contributed by atoms with E-state index in [0.29, 0.717) is 11.7 Å². The second-order valence-electron chi connectivity index (χ2n) is 5.48. The molecule has 3 aromatic heterocycles. The molecule has 1 aliphatic rings. The topological polar surface area (TPSA) is 41.3 Å². The maximum Gasteiger partial charge on any atom is 0.170 e. The molecule has 1 fully saturated rings. The first-order chi connectivity index (χ1) is 11.7. The van der Waals surface area contributed by atoms with Gasteiger partial charge in [-0.2, -0.15) is 0 Å². The molecular formula is C17H14ClN3OS2. The van der Waals surface area contributed by atoms with Gasteiger partial charge in [-0.3, -0.25) is 4.98 Å². The molecule has 0 spiro atoms. The molecule has 1 aliphatic heterocycles. The lowest BCUT2D eigenvalue weighted by molar-refractivity contribution is 0.291. The quantitative estimate of drug-likeness (QED) is 0.677. The van der Waals surface area contributed by atoms with E-state index < -0.39 is 0 Å². The molecule has 4 heterocycles. The minimum Gasteiger partial charge on any atom is -0.467 e. The van der Waals surface area contributed by atoms with Crippen LogP contribution in [0.2, 0.25) is 4.34 Å². The highest BCUT2D eigenvalue weighted by atomic mass is 35.5. The van der Waals surface area contributed by atoms with Crippen LogP contribution in [-0.4, -0.2) is 15.0 Å². The molecule has 24 heavy (non-hydrogen) atoms. The van der Waals surface area contributed by atoms with Crippen LogP contribution in [0.5, 0.6) is 0 Å². The number of rotatable bonds is 4. The zero-order chi connectivity index (χ0) is 16.5. The van der Waals surface area contributed by atoms with Gasteiger partial charge in [0.25, 0.3) is 0 Å². The van der Waals surface area contributed by atoms with Crippen LogP contribution in [-0.2, 0) is 6.54 Å². The molecule has 7 heteroatoms. The third-order valence-electron chi connectivity index (χ3n) is 3.99. The van der Waals surface area contributed by atoms with Crippen molar-refractivity contribution in [2.75, 3.05) is 0 Å². The lowest BCUT2D eigenvalue weighted by atomic mass is 10.0. The van der Waals surface area contributed by atoms with Gasteiger partial charge in [0.05, 0.1) is 34.9 Å². The van der Waals surface area contributed by atoms with Crippen LogP contribution >= 0.6 is 35.2 Å². The van der Waals surface area contributed by atoms with Gasteiger partial charge in [0, 0.05) is 11.1 Å². The normalized spacial score (nSPS) is 20.4. The first kappa shape index (κ1) is 15.6. The zero-order valence-corrected chi connectivity index (χ0v) is 14.9. The van der Waals surface area contributed by atoms with E-state index in [1.165, 1.54) is 0 Å². The van der Waals surface area contributed by atoms with E-state index in [1.54, 1.807) is 23.8 Å². The fourth-order valence-electron chi connectivity index (χ4n) is 2.94. The van der Waals surface area contributed by atoms with Gasteiger partial charge < -0.3 is 14.6 Å². The minimum absolute atomic E-state index is 0.0231. The Hall–Kier alpha value is -1.89. The van der Waals surface area contributed by atoms with Crippen molar-refractivity contribution >= 4 is 40.3 Å². The molecule has 0 aliphatic carbocycles. The smallest absolute Gasteiger partial charge is 0.170 e. The molecule has 0 saturated carbocycles. The van der Waals surface area contributed by atoms with Gasteiger partial charge >= 0.3 is 0 Å². The monoisotopic (exact) mass is 375 g/mol. The molecular weight excluding hydrogens is 362 g/mol. The van der Waals surface area contributed by atoms with Crippen LogP contribution < -0.4 is 5.32 Å². The van der Waals surface area contributed by atoms with Crippen LogP contribution in [0.1, 0.15) is 28.4 Å². The standard InChI is InChI=1S/C17H14ClN3OS2/c18-14-7-6-13(24-14)16-15(12-5-1-2-8-19-12)20-17(23)21(16)10-11-4-3-9-22-11/h1-9,15-16H,10H2,(H,20,23)/t15-,16+/m0/s1. The van der Waals surface area contributed by atoms with Crippen molar-refractivity contribution < 1.29 is 4.42 Å². The number of hydrogen-bond donors (Lipinski definition) is 1. The van der Waals surface area contributed by atoms with Crippen LogP contribution in [0, 0.1) is 0 Å². The largest absolute Gasteiger partial charge is 0.467 e. The number of nitrogens with one attached hydrogen (secondary N) is 1. The van der Waals surface area contributed by atoms with Crippen molar-refractivity contribution in [3.63, 3.8) is 0 Å². The predicted molar refractivity (Wildman–Crippen MR) is 99.0 cm³/mol. The van der Waals surface area contributed by atoms with Crippen molar-refractivity contribution in [1.29, 1.82) is 0 Å². The Balaban J connectivity index is 1.73. The Morgan fingerprint density at radius 3 is 2.83 bits per heavy atom. The molecule has 2 atom stereocenters. The number of nitrogens with zero attached hydrogens (tertiary/aromatic N) is 2. The van der Waals surface area contributed by atoms with Crippen molar-refractivity contribution in [3.8, 4) is 0 Å². The van der Waals surface area contributed by atoms with Gasteiger partial charge in [-0.1, -0.05) is 17.7 Å². The van der Waals surface area contributed by atoms with Gasteiger partial charge in [-0.25, -0.2) is 0 Å². The summed E-state index contributed by atoms with van der Waals surface area (Å²) >= 11 is 13.3. The van der Waals surface area contributed by atoms with Gasteiger partial charge in [0.2, 0.25) is 0 Å². The Morgan fingerprint density at radius 1 is 1.25 bits per heavy atom. The van der Waals surface area contributed by atoms with E-state index in [4.69, 9.17) is 28.2 Å². The molecule has 3 aromatic rings. The van der Waals surface area contributed by atoms with E-state index in [9.17, 15) is 0 Å². The predicted octanol–water partition coefficient (Wildman–Crippen LogP) is 4.56. The fourth-order valence-corrected chi connectivity index (χ4v) is 4.46. The number of thiophene rings is 1. The van der Waals surface area contributed by atoms with Crippen molar-refractivity contribution in [2.45, 2.75) is 18.6 Å². The summed E-state index contributed by atoms with van der Waals surface area (Å²) in [4.78, 5) is 7.79. The molecule has 0 bridgehead atoms. The van der Waals surface area contributed by atoms with Crippen molar-refractivity contribution in [3.05, 3.63) is 75.6 Å². The van der Waals surface area contributed by atoms with E-state index in [-0.39, 0.29) is 12.1 Å². The molecule has 1 saturated heterocycles.